The molecule has 0 radical (unpaired) electrons. The van der Waals surface area contributed by atoms with Gasteiger partial charge in [0.2, 0.25) is 11.8 Å². The SMILES string of the molecule is CCCCCCCCCCCCCCCCCCNC(Cc1ccc(O)cc1)C(=O)NCC(=O)NCC(=O)O. The van der Waals surface area contributed by atoms with Crippen LogP contribution in [0.25, 0.3) is 0 Å². The molecule has 5 N–H and O–H groups in total. The number of unbranched alkanes of at least 4 members (excludes halogenated alkanes) is 15. The van der Waals surface area contributed by atoms with Crippen LogP contribution in [-0.2, 0) is 20.8 Å². The van der Waals surface area contributed by atoms with Gasteiger partial charge in [-0.2, -0.15) is 0 Å². The summed E-state index contributed by atoms with van der Waals surface area (Å²) in [5, 5.41) is 26.3. The summed E-state index contributed by atoms with van der Waals surface area (Å²) in [6.07, 6.45) is 21.4. The first-order valence-corrected chi connectivity index (χ1v) is 15.2. The van der Waals surface area contributed by atoms with Gasteiger partial charge in [0.1, 0.15) is 12.3 Å². The van der Waals surface area contributed by atoms with E-state index in [-0.39, 0.29) is 18.2 Å². The van der Waals surface area contributed by atoms with Crippen LogP contribution in [0, 0.1) is 0 Å². The van der Waals surface area contributed by atoms with E-state index in [1.165, 1.54) is 89.9 Å². The van der Waals surface area contributed by atoms with Gasteiger partial charge in [-0.05, 0) is 37.1 Å². The smallest absolute Gasteiger partial charge is 0.322 e. The van der Waals surface area contributed by atoms with Crippen molar-refractivity contribution in [3.8, 4) is 5.75 Å². The van der Waals surface area contributed by atoms with E-state index in [0.29, 0.717) is 13.0 Å². The van der Waals surface area contributed by atoms with Gasteiger partial charge in [-0.25, -0.2) is 0 Å². The number of hydrogen-bond donors (Lipinski definition) is 5. The Morgan fingerprint density at radius 3 is 1.67 bits per heavy atom. The van der Waals surface area contributed by atoms with Crippen molar-refractivity contribution in [2.24, 2.45) is 0 Å². The normalized spacial score (nSPS) is 11.7. The molecule has 8 nitrogen and oxygen atoms in total. The number of carboxylic acid groups (broad SMARTS) is 1. The van der Waals surface area contributed by atoms with Crippen LogP contribution in [0.2, 0.25) is 0 Å². The van der Waals surface area contributed by atoms with Crippen molar-refractivity contribution in [2.75, 3.05) is 19.6 Å². The van der Waals surface area contributed by atoms with Crippen molar-refractivity contribution >= 4 is 17.8 Å². The zero-order valence-corrected chi connectivity index (χ0v) is 24.1. The molecular weight excluding hydrogens is 494 g/mol. The van der Waals surface area contributed by atoms with Crippen LogP contribution in [0.4, 0.5) is 0 Å². The summed E-state index contributed by atoms with van der Waals surface area (Å²) in [5.41, 5.74) is 0.891. The van der Waals surface area contributed by atoms with E-state index in [4.69, 9.17) is 5.11 Å². The van der Waals surface area contributed by atoms with Gasteiger partial charge < -0.3 is 26.2 Å². The number of phenolic OH excluding ortho intramolecular Hbond substituents is 1. The first-order chi connectivity index (χ1) is 18.9. The largest absolute Gasteiger partial charge is 0.508 e. The topological polar surface area (TPSA) is 128 Å². The Kier molecular flexibility index (Phi) is 20.6. The van der Waals surface area contributed by atoms with Crippen molar-refractivity contribution in [3.05, 3.63) is 29.8 Å². The van der Waals surface area contributed by atoms with Crippen LogP contribution >= 0.6 is 0 Å². The Balaban J connectivity index is 2.18. The number of carboxylic acids is 1. The number of aliphatic carboxylic acids is 1. The van der Waals surface area contributed by atoms with Gasteiger partial charge in [-0.15, -0.1) is 0 Å². The van der Waals surface area contributed by atoms with Crippen molar-refractivity contribution in [2.45, 2.75) is 122 Å². The average molecular weight is 548 g/mol. The monoisotopic (exact) mass is 547 g/mol. The van der Waals surface area contributed by atoms with Gasteiger partial charge in [0.25, 0.3) is 0 Å². The molecule has 0 saturated carbocycles. The molecule has 0 heterocycles. The van der Waals surface area contributed by atoms with Crippen LogP contribution in [0.5, 0.6) is 5.75 Å². The van der Waals surface area contributed by atoms with E-state index in [2.05, 4.69) is 22.9 Å². The summed E-state index contributed by atoms with van der Waals surface area (Å²) in [5.74, 6) is -1.84. The third-order valence-electron chi connectivity index (χ3n) is 6.97. The molecule has 39 heavy (non-hydrogen) atoms. The predicted molar refractivity (Wildman–Crippen MR) is 157 cm³/mol. The minimum Gasteiger partial charge on any atom is -0.508 e. The average Bonchev–Trinajstić information content (AvgIpc) is 2.92. The fourth-order valence-electron chi connectivity index (χ4n) is 4.60. The molecule has 1 atom stereocenters. The lowest BCUT2D eigenvalue weighted by Crippen LogP contribution is -2.48. The van der Waals surface area contributed by atoms with Crippen LogP contribution in [0.15, 0.2) is 24.3 Å². The zero-order chi connectivity index (χ0) is 28.6. The maximum absolute atomic E-state index is 12.7. The second kappa shape index (κ2) is 23.3. The highest BCUT2D eigenvalue weighted by molar-refractivity contribution is 5.88. The van der Waals surface area contributed by atoms with Gasteiger partial charge in [0.15, 0.2) is 0 Å². The maximum atomic E-state index is 12.7. The van der Waals surface area contributed by atoms with Gasteiger partial charge in [-0.3, -0.25) is 14.4 Å². The second-order valence-electron chi connectivity index (χ2n) is 10.6. The van der Waals surface area contributed by atoms with E-state index >= 15 is 0 Å². The summed E-state index contributed by atoms with van der Waals surface area (Å²) < 4.78 is 0. The molecule has 1 unspecified atom stereocenters. The molecule has 1 rings (SSSR count). The number of aromatic hydroxyl groups is 1. The Morgan fingerprint density at radius 2 is 1.18 bits per heavy atom. The lowest BCUT2D eigenvalue weighted by atomic mass is 10.0. The number of nitrogens with one attached hydrogen (secondary N) is 3. The predicted octanol–water partition coefficient (Wildman–Crippen LogP) is 5.47. The maximum Gasteiger partial charge on any atom is 0.322 e. The molecule has 1 aromatic rings. The number of hydrogen-bond acceptors (Lipinski definition) is 5. The van der Waals surface area contributed by atoms with Crippen LogP contribution in [0.1, 0.15) is 115 Å². The Labute approximate surface area is 235 Å². The number of carbonyl (C=O) groups is 3. The third-order valence-corrected chi connectivity index (χ3v) is 6.97. The lowest BCUT2D eigenvalue weighted by molar-refractivity contribution is -0.137. The fraction of sp³-hybridized carbons (Fsp3) is 0.710. The first-order valence-electron chi connectivity index (χ1n) is 15.2. The molecular formula is C31H53N3O5. The summed E-state index contributed by atoms with van der Waals surface area (Å²) >= 11 is 0. The summed E-state index contributed by atoms with van der Waals surface area (Å²) in [6.45, 7) is 2.20. The molecule has 0 bridgehead atoms. The second-order valence-corrected chi connectivity index (χ2v) is 10.6. The van der Waals surface area contributed by atoms with E-state index in [0.717, 1.165) is 18.4 Å². The van der Waals surface area contributed by atoms with Crippen LogP contribution < -0.4 is 16.0 Å². The van der Waals surface area contributed by atoms with E-state index < -0.39 is 24.5 Å². The lowest BCUT2D eigenvalue weighted by Gasteiger charge is -2.19. The molecule has 222 valence electrons. The minimum atomic E-state index is -1.14. The Hall–Kier alpha value is -2.61. The van der Waals surface area contributed by atoms with Crippen molar-refractivity contribution in [1.82, 2.24) is 16.0 Å². The summed E-state index contributed by atoms with van der Waals surface area (Å²) in [7, 11) is 0. The van der Waals surface area contributed by atoms with Gasteiger partial charge >= 0.3 is 5.97 Å². The standard InChI is InChI=1S/C31H53N3O5/c1-2-3-4-5-6-7-8-9-10-11-12-13-14-15-16-17-22-32-28(23-26-18-20-27(35)21-19-26)31(39)34-24-29(36)33-25-30(37)38/h18-21,28,32,35H,2-17,22-25H2,1H3,(H,33,36)(H,34,39)(H,37,38). The molecule has 1 aromatic carbocycles. The molecule has 0 aliphatic carbocycles. The number of benzene rings is 1. The molecule has 0 saturated heterocycles. The van der Waals surface area contributed by atoms with Gasteiger partial charge in [0.05, 0.1) is 12.6 Å². The van der Waals surface area contributed by atoms with Crippen molar-refractivity contribution in [1.29, 1.82) is 0 Å². The number of rotatable bonds is 25. The number of phenols is 1. The molecule has 2 amide bonds. The Bertz CT molecular complexity index is 785. The minimum absolute atomic E-state index is 0.163. The van der Waals surface area contributed by atoms with E-state index in [1.807, 2.05) is 0 Å². The van der Waals surface area contributed by atoms with E-state index in [1.54, 1.807) is 24.3 Å². The summed E-state index contributed by atoms with van der Waals surface area (Å²) in [6, 6.07) is 6.17. The molecule has 0 aromatic heterocycles. The number of amides is 2. The zero-order valence-electron chi connectivity index (χ0n) is 24.1. The highest BCUT2D eigenvalue weighted by Crippen LogP contribution is 2.14. The first kappa shape index (κ1) is 34.4. The quantitative estimate of drug-likeness (QED) is 0.103. The van der Waals surface area contributed by atoms with Crippen molar-refractivity contribution < 1.29 is 24.6 Å². The van der Waals surface area contributed by atoms with Crippen LogP contribution in [0.3, 0.4) is 0 Å². The van der Waals surface area contributed by atoms with Crippen LogP contribution in [-0.4, -0.2) is 53.7 Å². The molecule has 0 fully saturated rings. The highest BCUT2D eigenvalue weighted by atomic mass is 16.4. The van der Waals surface area contributed by atoms with E-state index in [9.17, 15) is 19.5 Å². The molecule has 8 heteroatoms. The number of carbonyl (C=O) groups excluding carboxylic acids is 2. The molecule has 0 aliphatic heterocycles. The van der Waals surface area contributed by atoms with Gasteiger partial charge in [-0.1, -0.05) is 115 Å². The van der Waals surface area contributed by atoms with Gasteiger partial charge in [0, 0.05) is 0 Å². The van der Waals surface area contributed by atoms with Crippen molar-refractivity contribution in [3.63, 3.8) is 0 Å². The molecule has 0 aliphatic rings. The third kappa shape index (κ3) is 20.0. The summed E-state index contributed by atoms with van der Waals surface area (Å²) in [4.78, 5) is 35.1. The Morgan fingerprint density at radius 1 is 0.692 bits per heavy atom. The molecule has 0 spiro atoms. The fourth-order valence-corrected chi connectivity index (χ4v) is 4.60. The highest BCUT2D eigenvalue weighted by Gasteiger charge is 2.19.